The van der Waals surface area contributed by atoms with Crippen LogP contribution in [-0.2, 0) is 11.8 Å². The number of hydrogen-bond acceptors (Lipinski definition) is 3. The maximum absolute atomic E-state index is 12.9. The van der Waals surface area contributed by atoms with Crippen molar-refractivity contribution in [1.29, 1.82) is 0 Å². The van der Waals surface area contributed by atoms with Crippen LogP contribution in [-0.4, -0.2) is 25.8 Å². The molecule has 1 aromatic carbocycles. The average molecular weight is 364 g/mol. The summed E-state index contributed by atoms with van der Waals surface area (Å²) in [7, 11) is 1.78. The van der Waals surface area contributed by atoms with Crippen molar-refractivity contribution in [2.24, 2.45) is 13.0 Å². The van der Waals surface area contributed by atoms with Gasteiger partial charge in [0.1, 0.15) is 6.04 Å². The van der Waals surface area contributed by atoms with Gasteiger partial charge in [-0.15, -0.1) is 0 Å². The van der Waals surface area contributed by atoms with E-state index < -0.39 is 0 Å². The van der Waals surface area contributed by atoms with E-state index in [1.807, 2.05) is 29.1 Å². The number of carbonyl (C=O) groups is 2. The second kappa shape index (κ2) is 8.03. The van der Waals surface area contributed by atoms with Crippen LogP contribution in [0.3, 0.4) is 0 Å². The number of aromatic nitrogens is 3. The molecule has 0 radical (unpaired) electrons. The van der Waals surface area contributed by atoms with E-state index in [1.54, 1.807) is 48.3 Å². The molecular formula is C21H24N4O2. The number of aryl methyl sites for hydroxylation is 1. The number of rotatable bonds is 7. The standard InChI is InChI=1S/C21H24N4O2/c1-15(2)13-18(25-10-4-5-11-25)21(27)23-17-8-6-7-16(14-17)19(26)20-22-9-12-24(20)3/h4-12,14-15,18H,13H2,1-3H3,(H,23,27)/t18-/m1/s1. The van der Waals surface area contributed by atoms with Crippen molar-refractivity contribution in [2.75, 3.05) is 5.32 Å². The van der Waals surface area contributed by atoms with E-state index in [0.717, 1.165) is 6.42 Å². The molecule has 0 aliphatic carbocycles. The molecule has 0 aliphatic heterocycles. The zero-order chi connectivity index (χ0) is 19.4. The highest BCUT2D eigenvalue weighted by atomic mass is 16.2. The summed E-state index contributed by atoms with van der Waals surface area (Å²) in [5, 5.41) is 2.95. The van der Waals surface area contributed by atoms with Crippen LogP contribution in [0.5, 0.6) is 0 Å². The molecule has 1 amide bonds. The van der Waals surface area contributed by atoms with Gasteiger partial charge in [-0.1, -0.05) is 26.0 Å². The Labute approximate surface area is 158 Å². The number of amides is 1. The minimum Gasteiger partial charge on any atom is -0.342 e. The van der Waals surface area contributed by atoms with Crippen molar-refractivity contribution in [3.05, 3.63) is 72.6 Å². The number of nitrogens with one attached hydrogen (secondary N) is 1. The van der Waals surface area contributed by atoms with Crippen molar-refractivity contribution in [2.45, 2.75) is 26.3 Å². The van der Waals surface area contributed by atoms with Crippen LogP contribution in [0.4, 0.5) is 5.69 Å². The number of nitrogens with zero attached hydrogens (tertiary/aromatic N) is 3. The van der Waals surface area contributed by atoms with Crippen molar-refractivity contribution in [3.63, 3.8) is 0 Å². The molecule has 0 saturated carbocycles. The molecule has 0 bridgehead atoms. The fourth-order valence-corrected chi connectivity index (χ4v) is 3.04. The topological polar surface area (TPSA) is 68.9 Å². The van der Waals surface area contributed by atoms with Gasteiger partial charge in [-0.2, -0.15) is 0 Å². The minimum atomic E-state index is -0.297. The van der Waals surface area contributed by atoms with Gasteiger partial charge in [-0.25, -0.2) is 4.98 Å². The summed E-state index contributed by atoms with van der Waals surface area (Å²) < 4.78 is 3.59. The minimum absolute atomic E-state index is 0.0958. The van der Waals surface area contributed by atoms with E-state index in [2.05, 4.69) is 24.1 Å². The van der Waals surface area contributed by atoms with Gasteiger partial charge in [0.25, 0.3) is 0 Å². The van der Waals surface area contributed by atoms with Gasteiger partial charge in [0.2, 0.25) is 11.7 Å². The second-order valence-corrected chi connectivity index (χ2v) is 7.04. The van der Waals surface area contributed by atoms with Gasteiger partial charge in [0.15, 0.2) is 5.82 Å². The number of imidazole rings is 1. The van der Waals surface area contributed by atoms with Gasteiger partial charge in [-0.05, 0) is 36.6 Å². The molecule has 0 saturated heterocycles. The fourth-order valence-electron chi connectivity index (χ4n) is 3.04. The molecule has 2 heterocycles. The van der Waals surface area contributed by atoms with Crippen LogP contribution in [0.15, 0.2) is 61.2 Å². The second-order valence-electron chi connectivity index (χ2n) is 7.04. The van der Waals surface area contributed by atoms with Crippen LogP contribution in [0.1, 0.15) is 42.5 Å². The van der Waals surface area contributed by atoms with E-state index in [9.17, 15) is 9.59 Å². The third-order valence-electron chi connectivity index (χ3n) is 4.40. The quantitative estimate of drug-likeness (QED) is 0.650. The molecule has 0 spiro atoms. The van der Waals surface area contributed by atoms with Crippen molar-refractivity contribution < 1.29 is 9.59 Å². The monoisotopic (exact) mass is 364 g/mol. The SMILES string of the molecule is CC(C)C[C@H](C(=O)Nc1cccc(C(=O)c2nccn2C)c1)n1cccc1. The summed E-state index contributed by atoms with van der Waals surface area (Å²) in [5.74, 6) is 0.465. The van der Waals surface area contributed by atoms with Crippen molar-refractivity contribution in [3.8, 4) is 0 Å². The lowest BCUT2D eigenvalue weighted by molar-refractivity contribution is -0.119. The van der Waals surface area contributed by atoms with Crippen LogP contribution >= 0.6 is 0 Å². The Morgan fingerprint density at radius 1 is 1.11 bits per heavy atom. The highest BCUT2D eigenvalue weighted by Crippen LogP contribution is 2.21. The third kappa shape index (κ3) is 4.34. The van der Waals surface area contributed by atoms with Crippen LogP contribution in [0, 0.1) is 5.92 Å². The summed E-state index contributed by atoms with van der Waals surface area (Å²) in [6.45, 7) is 4.19. The molecule has 140 valence electrons. The first-order valence-electron chi connectivity index (χ1n) is 9.01. The molecular weight excluding hydrogens is 340 g/mol. The molecule has 0 unspecified atom stereocenters. The Kier molecular flexibility index (Phi) is 5.54. The number of anilines is 1. The van der Waals surface area contributed by atoms with Gasteiger partial charge >= 0.3 is 0 Å². The Morgan fingerprint density at radius 3 is 2.48 bits per heavy atom. The Balaban J connectivity index is 1.80. The van der Waals surface area contributed by atoms with Crippen molar-refractivity contribution >= 4 is 17.4 Å². The van der Waals surface area contributed by atoms with Crippen LogP contribution in [0.2, 0.25) is 0 Å². The van der Waals surface area contributed by atoms with Gasteiger partial charge in [-0.3, -0.25) is 9.59 Å². The lowest BCUT2D eigenvalue weighted by Crippen LogP contribution is -2.26. The lowest BCUT2D eigenvalue weighted by atomic mass is 10.0. The van der Waals surface area contributed by atoms with Gasteiger partial charge < -0.3 is 14.5 Å². The smallest absolute Gasteiger partial charge is 0.247 e. The first-order chi connectivity index (χ1) is 13.0. The molecule has 3 aromatic rings. The summed E-state index contributed by atoms with van der Waals surface area (Å²) in [6, 6.07) is 10.5. The first kappa shape index (κ1) is 18.6. The van der Waals surface area contributed by atoms with E-state index >= 15 is 0 Å². The van der Waals surface area contributed by atoms with E-state index in [4.69, 9.17) is 0 Å². The molecule has 3 rings (SSSR count). The van der Waals surface area contributed by atoms with E-state index in [1.165, 1.54) is 0 Å². The van der Waals surface area contributed by atoms with Crippen LogP contribution < -0.4 is 5.32 Å². The zero-order valence-electron chi connectivity index (χ0n) is 15.8. The number of carbonyl (C=O) groups excluding carboxylic acids is 2. The predicted octanol–water partition coefficient (Wildman–Crippen LogP) is 3.68. The largest absolute Gasteiger partial charge is 0.342 e. The number of hydrogen-bond donors (Lipinski definition) is 1. The molecule has 6 heteroatoms. The summed E-state index contributed by atoms with van der Waals surface area (Å²) in [5.41, 5.74) is 1.09. The van der Waals surface area contributed by atoms with Crippen molar-refractivity contribution in [1.82, 2.24) is 14.1 Å². The predicted molar refractivity (Wildman–Crippen MR) is 105 cm³/mol. The highest BCUT2D eigenvalue weighted by molar-refractivity contribution is 6.07. The Bertz CT molecular complexity index is 925. The molecule has 1 atom stereocenters. The summed E-state index contributed by atoms with van der Waals surface area (Å²) in [6.07, 6.45) is 7.84. The zero-order valence-corrected chi connectivity index (χ0v) is 15.8. The number of benzene rings is 1. The molecule has 1 N–H and O–H groups in total. The Hall–Kier alpha value is -3.15. The normalized spacial score (nSPS) is 12.1. The maximum atomic E-state index is 12.9. The van der Waals surface area contributed by atoms with Crippen LogP contribution in [0.25, 0.3) is 0 Å². The Morgan fingerprint density at radius 2 is 1.85 bits per heavy atom. The lowest BCUT2D eigenvalue weighted by Gasteiger charge is -2.20. The molecule has 6 nitrogen and oxygen atoms in total. The average Bonchev–Trinajstić information content (AvgIpc) is 3.30. The number of ketones is 1. The van der Waals surface area contributed by atoms with E-state index in [-0.39, 0.29) is 17.7 Å². The van der Waals surface area contributed by atoms with E-state index in [0.29, 0.717) is 23.0 Å². The van der Waals surface area contributed by atoms with Gasteiger partial charge in [0.05, 0.1) is 0 Å². The maximum Gasteiger partial charge on any atom is 0.247 e. The van der Waals surface area contributed by atoms with Gasteiger partial charge in [0, 0.05) is 43.1 Å². The first-order valence-corrected chi connectivity index (χ1v) is 9.01. The summed E-state index contributed by atoms with van der Waals surface area (Å²) >= 11 is 0. The third-order valence-corrected chi connectivity index (χ3v) is 4.40. The molecule has 0 fully saturated rings. The highest BCUT2D eigenvalue weighted by Gasteiger charge is 2.21. The molecule has 2 aromatic heterocycles. The fraction of sp³-hybridized carbons (Fsp3) is 0.286. The molecule has 27 heavy (non-hydrogen) atoms. The molecule has 0 aliphatic rings. The summed E-state index contributed by atoms with van der Waals surface area (Å²) in [4.78, 5) is 29.6.